The third kappa shape index (κ3) is 4.34. The number of anilines is 1. The summed E-state index contributed by atoms with van der Waals surface area (Å²) in [4.78, 5) is 16.3. The van der Waals surface area contributed by atoms with Crippen LogP contribution in [0.2, 0.25) is 0 Å². The Morgan fingerprint density at radius 3 is 2.48 bits per heavy atom. The molecule has 0 aliphatic carbocycles. The van der Waals surface area contributed by atoms with E-state index in [1.807, 2.05) is 42.5 Å². The molecule has 1 atom stereocenters. The maximum atomic E-state index is 12.4. The van der Waals surface area contributed by atoms with Gasteiger partial charge in [0.1, 0.15) is 6.17 Å². The molecular weight excluding hydrogens is 381 g/mol. The number of nitrogens with one attached hydrogen (secondary N) is 2. The minimum absolute atomic E-state index is 0.376. The fourth-order valence-corrected chi connectivity index (χ4v) is 2.75. The summed E-state index contributed by atoms with van der Waals surface area (Å²) in [6.07, 6.45) is 2.09. The first-order chi connectivity index (χ1) is 11.9. The normalized spacial score (nSPS) is 12.6. The van der Waals surface area contributed by atoms with E-state index in [-0.39, 0.29) is 0 Å². The van der Waals surface area contributed by atoms with E-state index in [2.05, 4.69) is 15.6 Å². The number of hydrogen-bond donors (Lipinski definition) is 2. The molecule has 0 spiro atoms. The van der Waals surface area contributed by atoms with Gasteiger partial charge in [-0.25, -0.2) is 0 Å². The highest BCUT2D eigenvalue weighted by molar-refractivity contribution is 6.68. The van der Waals surface area contributed by atoms with Crippen LogP contribution in [-0.4, -0.2) is 20.8 Å². The van der Waals surface area contributed by atoms with Crippen LogP contribution in [0.15, 0.2) is 67.0 Å². The molecule has 0 saturated carbocycles. The molecule has 0 unspecified atom stereocenters. The van der Waals surface area contributed by atoms with Gasteiger partial charge in [0.25, 0.3) is 5.91 Å². The maximum absolute atomic E-state index is 12.4. The second-order valence-corrected chi connectivity index (χ2v) is 7.73. The second-order valence-electron chi connectivity index (χ2n) is 5.36. The molecule has 1 heterocycles. The Morgan fingerprint density at radius 2 is 1.76 bits per heavy atom. The molecule has 7 heteroatoms. The van der Waals surface area contributed by atoms with Crippen molar-refractivity contribution < 1.29 is 4.79 Å². The van der Waals surface area contributed by atoms with Crippen LogP contribution >= 0.6 is 34.8 Å². The van der Waals surface area contributed by atoms with Crippen molar-refractivity contribution in [3.63, 3.8) is 0 Å². The largest absolute Gasteiger partial charge is 0.361 e. The van der Waals surface area contributed by atoms with Crippen LogP contribution in [0.1, 0.15) is 10.4 Å². The van der Waals surface area contributed by atoms with Gasteiger partial charge < -0.3 is 10.6 Å². The average molecular weight is 395 g/mol. The van der Waals surface area contributed by atoms with E-state index >= 15 is 0 Å². The number of nitrogens with zero attached hydrogens (tertiary/aromatic N) is 1. The van der Waals surface area contributed by atoms with E-state index in [9.17, 15) is 4.79 Å². The first kappa shape index (κ1) is 17.8. The van der Waals surface area contributed by atoms with Gasteiger partial charge in [-0.1, -0.05) is 71.2 Å². The van der Waals surface area contributed by atoms with Gasteiger partial charge in [0, 0.05) is 23.5 Å². The molecule has 128 valence electrons. The molecule has 0 aliphatic rings. The Kier molecular flexibility index (Phi) is 5.33. The lowest BCUT2D eigenvalue weighted by Gasteiger charge is -2.28. The topological polar surface area (TPSA) is 54.0 Å². The average Bonchev–Trinajstić information content (AvgIpc) is 2.61. The number of aromatic nitrogens is 1. The molecule has 25 heavy (non-hydrogen) atoms. The minimum Gasteiger partial charge on any atom is -0.361 e. The molecule has 0 fully saturated rings. The van der Waals surface area contributed by atoms with Crippen LogP contribution in [0.5, 0.6) is 0 Å². The van der Waals surface area contributed by atoms with E-state index in [1.54, 1.807) is 18.3 Å². The molecule has 0 bridgehead atoms. The number of amides is 1. The van der Waals surface area contributed by atoms with Crippen LogP contribution in [-0.2, 0) is 0 Å². The lowest BCUT2D eigenvalue weighted by Crippen LogP contribution is -2.49. The fraction of sp³-hybridized carbons (Fsp3) is 0.111. The fourth-order valence-electron chi connectivity index (χ4n) is 2.42. The Balaban J connectivity index is 1.88. The van der Waals surface area contributed by atoms with Crippen molar-refractivity contribution in [3.8, 4) is 0 Å². The summed E-state index contributed by atoms with van der Waals surface area (Å²) < 4.78 is -1.76. The van der Waals surface area contributed by atoms with E-state index in [4.69, 9.17) is 34.8 Å². The van der Waals surface area contributed by atoms with Crippen molar-refractivity contribution >= 4 is 57.2 Å². The number of pyridine rings is 1. The number of alkyl halides is 3. The summed E-state index contributed by atoms with van der Waals surface area (Å²) in [5, 5.41) is 7.81. The SMILES string of the molecule is O=C(N[C@H](Nc1cccc2ccccc12)C(Cl)(Cl)Cl)c1cccnc1. The number of carbonyl (C=O) groups excluding carboxylic acids is 1. The predicted octanol–water partition coefficient (Wildman–Crippen LogP) is 4.77. The number of hydrogen-bond acceptors (Lipinski definition) is 3. The van der Waals surface area contributed by atoms with Gasteiger partial charge in [0.15, 0.2) is 0 Å². The monoisotopic (exact) mass is 393 g/mol. The lowest BCUT2D eigenvalue weighted by atomic mass is 10.1. The number of rotatable bonds is 4. The zero-order valence-electron chi connectivity index (χ0n) is 12.9. The van der Waals surface area contributed by atoms with Crippen molar-refractivity contribution in [2.75, 3.05) is 5.32 Å². The molecule has 3 rings (SSSR count). The van der Waals surface area contributed by atoms with Gasteiger partial charge in [-0.3, -0.25) is 9.78 Å². The predicted molar refractivity (Wildman–Crippen MR) is 103 cm³/mol. The molecule has 0 saturated heterocycles. The van der Waals surface area contributed by atoms with Crippen molar-refractivity contribution in [2.45, 2.75) is 9.96 Å². The molecular formula is C18H14Cl3N3O. The Labute approximate surface area is 160 Å². The van der Waals surface area contributed by atoms with Crippen molar-refractivity contribution in [3.05, 3.63) is 72.6 Å². The number of benzene rings is 2. The van der Waals surface area contributed by atoms with Gasteiger partial charge in [-0.05, 0) is 23.6 Å². The third-order valence-electron chi connectivity index (χ3n) is 3.62. The quantitative estimate of drug-likeness (QED) is 0.495. The van der Waals surface area contributed by atoms with Gasteiger partial charge in [-0.15, -0.1) is 0 Å². The molecule has 3 aromatic rings. The molecule has 2 aromatic carbocycles. The summed E-state index contributed by atoms with van der Waals surface area (Å²) in [5.74, 6) is -0.392. The van der Waals surface area contributed by atoms with Crippen LogP contribution in [0, 0.1) is 0 Å². The first-order valence-electron chi connectivity index (χ1n) is 7.47. The molecule has 1 amide bonds. The van der Waals surface area contributed by atoms with Gasteiger partial charge in [-0.2, -0.15) is 0 Å². The summed E-state index contributed by atoms with van der Waals surface area (Å²) in [6.45, 7) is 0. The zero-order valence-corrected chi connectivity index (χ0v) is 15.2. The smallest absolute Gasteiger partial charge is 0.254 e. The van der Waals surface area contributed by atoms with Crippen LogP contribution < -0.4 is 10.6 Å². The number of halogens is 3. The zero-order chi connectivity index (χ0) is 17.9. The highest BCUT2D eigenvalue weighted by atomic mass is 35.6. The summed E-state index contributed by atoms with van der Waals surface area (Å²) >= 11 is 18.2. The van der Waals surface area contributed by atoms with Gasteiger partial charge in [0.2, 0.25) is 3.79 Å². The highest BCUT2D eigenvalue weighted by Gasteiger charge is 2.34. The third-order valence-corrected chi connectivity index (χ3v) is 4.27. The maximum Gasteiger partial charge on any atom is 0.254 e. The van der Waals surface area contributed by atoms with Gasteiger partial charge in [0.05, 0.1) is 5.56 Å². The van der Waals surface area contributed by atoms with Crippen LogP contribution in [0.25, 0.3) is 10.8 Å². The standard InChI is InChI=1S/C18H14Cl3N3O/c19-18(20,21)17(24-16(25)13-7-4-10-22-11-13)23-15-9-3-6-12-5-1-2-8-14(12)15/h1-11,17,23H,(H,24,25)/t17-/m0/s1. The van der Waals surface area contributed by atoms with E-state index in [1.165, 1.54) is 6.20 Å². The highest BCUT2D eigenvalue weighted by Crippen LogP contribution is 2.33. The summed E-state index contributed by atoms with van der Waals surface area (Å²) in [7, 11) is 0. The van der Waals surface area contributed by atoms with E-state index in [0.717, 1.165) is 16.5 Å². The lowest BCUT2D eigenvalue weighted by molar-refractivity contribution is 0.0941. The van der Waals surface area contributed by atoms with E-state index in [0.29, 0.717) is 5.56 Å². The molecule has 0 aliphatic heterocycles. The summed E-state index contributed by atoms with van der Waals surface area (Å²) in [6, 6.07) is 16.8. The Bertz CT molecular complexity index is 876. The molecule has 0 radical (unpaired) electrons. The second kappa shape index (κ2) is 7.48. The Hall–Kier alpha value is -2.01. The minimum atomic E-state index is -1.76. The molecule has 4 nitrogen and oxygen atoms in total. The Morgan fingerprint density at radius 1 is 1.00 bits per heavy atom. The van der Waals surface area contributed by atoms with E-state index < -0.39 is 15.9 Å². The first-order valence-corrected chi connectivity index (χ1v) is 8.60. The van der Waals surface area contributed by atoms with Crippen LogP contribution in [0.4, 0.5) is 5.69 Å². The van der Waals surface area contributed by atoms with Gasteiger partial charge >= 0.3 is 0 Å². The van der Waals surface area contributed by atoms with Crippen molar-refractivity contribution in [1.82, 2.24) is 10.3 Å². The van der Waals surface area contributed by atoms with Crippen LogP contribution in [0.3, 0.4) is 0 Å². The number of fused-ring (bicyclic) bond motifs is 1. The van der Waals surface area contributed by atoms with Crippen molar-refractivity contribution in [2.24, 2.45) is 0 Å². The number of carbonyl (C=O) groups is 1. The summed E-state index contributed by atoms with van der Waals surface area (Å²) in [5.41, 5.74) is 1.13. The van der Waals surface area contributed by atoms with Crippen molar-refractivity contribution in [1.29, 1.82) is 0 Å². The molecule has 1 aromatic heterocycles. The molecule has 2 N–H and O–H groups in total.